The number of allylic oxidation sites excluding steroid dienone is 4. The van der Waals surface area contributed by atoms with Gasteiger partial charge >= 0.3 is 11.9 Å². The SMILES string of the molecule is C=Cc1c(C)c2cc3nc(cc4nc(cc5[nH]c(cc1[nH]2)c(C)c5C1CC1)C(C)=C4CCC(=O)O)C(CCC(=O)O)=C3C. The summed E-state index contributed by atoms with van der Waals surface area (Å²) in [6, 6.07) is 8.15. The van der Waals surface area contributed by atoms with Crippen molar-refractivity contribution in [2.24, 2.45) is 0 Å². The standard InChI is InChI=1S/C35H36N4O4/c1-6-22-17(2)25-13-26-18(3)23(9-11-33(40)41)30(37-26)16-31-24(10-12-34(42)43)19(4)27(38-31)15-32-35(21-7-8-21)20(5)28(39-32)14-29(22)36-25/h6,13-16,21,36,39H,1,7-12H2,2-5H3,(H,40,41)(H,42,43). The van der Waals surface area contributed by atoms with Crippen LogP contribution >= 0.6 is 0 Å². The molecular weight excluding hydrogens is 540 g/mol. The molecule has 0 aromatic carbocycles. The van der Waals surface area contributed by atoms with Gasteiger partial charge in [0.05, 0.1) is 22.8 Å². The van der Waals surface area contributed by atoms with E-state index >= 15 is 0 Å². The van der Waals surface area contributed by atoms with Gasteiger partial charge in [-0.15, -0.1) is 0 Å². The molecule has 3 aromatic rings. The summed E-state index contributed by atoms with van der Waals surface area (Å²) in [7, 11) is 0. The number of carboxylic acid groups (broad SMARTS) is 2. The smallest absolute Gasteiger partial charge is 0.303 e. The van der Waals surface area contributed by atoms with Crippen molar-refractivity contribution >= 4 is 62.4 Å². The van der Waals surface area contributed by atoms with Gasteiger partial charge in [-0.2, -0.15) is 0 Å². The minimum Gasteiger partial charge on any atom is -0.481 e. The van der Waals surface area contributed by atoms with E-state index in [2.05, 4.69) is 42.5 Å². The maximum atomic E-state index is 11.6. The third kappa shape index (κ3) is 5.22. The summed E-state index contributed by atoms with van der Waals surface area (Å²) in [5.41, 5.74) is 15.0. The second-order valence-corrected chi connectivity index (χ2v) is 11.8. The molecule has 0 saturated heterocycles. The second kappa shape index (κ2) is 10.8. The van der Waals surface area contributed by atoms with E-state index in [9.17, 15) is 19.8 Å². The molecule has 220 valence electrons. The molecule has 0 radical (unpaired) electrons. The van der Waals surface area contributed by atoms with Gasteiger partial charge in [0.1, 0.15) is 0 Å². The highest BCUT2D eigenvalue weighted by atomic mass is 16.4. The van der Waals surface area contributed by atoms with Crippen LogP contribution in [0.4, 0.5) is 0 Å². The number of hydrogen-bond acceptors (Lipinski definition) is 4. The highest BCUT2D eigenvalue weighted by molar-refractivity contribution is 5.96. The lowest BCUT2D eigenvalue weighted by atomic mass is 9.98. The zero-order valence-electron chi connectivity index (χ0n) is 25.0. The van der Waals surface area contributed by atoms with E-state index < -0.39 is 11.9 Å². The Kier molecular flexibility index (Phi) is 7.16. The fourth-order valence-corrected chi connectivity index (χ4v) is 6.40. The number of nitrogens with one attached hydrogen (secondary N) is 2. The van der Waals surface area contributed by atoms with Crippen molar-refractivity contribution in [1.82, 2.24) is 19.9 Å². The van der Waals surface area contributed by atoms with Gasteiger partial charge in [0.15, 0.2) is 0 Å². The van der Waals surface area contributed by atoms with E-state index in [1.807, 2.05) is 32.1 Å². The molecular formula is C35H36N4O4. The Bertz CT molecular complexity index is 1950. The van der Waals surface area contributed by atoms with Crippen molar-refractivity contribution in [3.8, 4) is 0 Å². The van der Waals surface area contributed by atoms with Crippen LogP contribution in [0.2, 0.25) is 0 Å². The van der Waals surface area contributed by atoms with Gasteiger partial charge in [-0.3, -0.25) is 9.59 Å². The Balaban J connectivity index is 1.73. The molecule has 8 bridgehead atoms. The number of H-pyrrole nitrogens is 2. The fraction of sp³-hybridized carbons (Fsp3) is 0.314. The maximum absolute atomic E-state index is 11.6. The van der Waals surface area contributed by atoms with Gasteiger partial charge in [-0.1, -0.05) is 12.7 Å². The first-order valence-corrected chi connectivity index (χ1v) is 14.8. The second-order valence-electron chi connectivity index (χ2n) is 11.8. The molecule has 0 atom stereocenters. The van der Waals surface area contributed by atoms with Gasteiger partial charge in [-0.25, -0.2) is 9.97 Å². The monoisotopic (exact) mass is 576 g/mol. The Morgan fingerprint density at radius 2 is 1.28 bits per heavy atom. The molecule has 0 spiro atoms. The van der Waals surface area contributed by atoms with Crippen LogP contribution in [0.5, 0.6) is 0 Å². The first-order valence-electron chi connectivity index (χ1n) is 14.8. The van der Waals surface area contributed by atoms with Crippen LogP contribution in [0.1, 0.15) is 103 Å². The summed E-state index contributed by atoms with van der Waals surface area (Å²) in [5, 5.41) is 19.0. The third-order valence-corrected chi connectivity index (χ3v) is 9.00. The zero-order valence-corrected chi connectivity index (χ0v) is 25.0. The number of aromatic nitrogens is 4. The predicted octanol–water partition coefficient (Wildman–Crippen LogP) is 8.04. The molecule has 3 aromatic heterocycles. The fourth-order valence-electron chi connectivity index (χ4n) is 6.40. The van der Waals surface area contributed by atoms with Crippen molar-refractivity contribution in [3.63, 3.8) is 0 Å². The lowest BCUT2D eigenvalue weighted by molar-refractivity contribution is -0.137. The molecule has 8 nitrogen and oxygen atoms in total. The highest BCUT2D eigenvalue weighted by Crippen LogP contribution is 2.45. The van der Waals surface area contributed by atoms with Crippen molar-refractivity contribution in [2.45, 2.75) is 72.1 Å². The number of aryl methyl sites for hydroxylation is 2. The summed E-state index contributed by atoms with van der Waals surface area (Å²) in [4.78, 5) is 40.4. The summed E-state index contributed by atoms with van der Waals surface area (Å²) in [6.07, 6.45) is 4.80. The van der Waals surface area contributed by atoms with Crippen LogP contribution in [0.15, 0.2) is 30.8 Å². The summed E-state index contributed by atoms with van der Waals surface area (Å²) in [5.74, 6) is -1.24. The molecule has 3 aliphatic rings. The molecule has 6 rings (SSSR count). The number of nitrogens with zero attached hydrogens (tertiary/aromatic N) is 2. The van der Waals surface area contributed by atoms with Crippen molar-refractivity contribution in [3.05, 3.63) is 75.9 Å². The first kappa shape index (κ1) is 28.4. The number of carboxylic acids is 2. The Hall–Kier alpha value is -4.72. The van der Waals surface area contributed by atoms with E-state index in [-0.39, 0.29) is 12.8 Å². The van der Waals surface area contributed by atoms with Crippen LogP contribution in [0, 0.1) is 13.8 Å². The van der Waals surface area contributed by atoms with Gasteiger partial charge in [0.25, 0.3) is 0 Å². The summed E-state index contributed by atoms with van der Waals surface area (Å²) < 4.78 is 0. The summed E-state index contributed by atoms with van der Waals surface area (Å²) >= 11 is 0. The number of aromatic amines is 2. The largest absolute Gasteiger partial charge is 0.481 e. The van der Waals surface area contributed by atoms with E-state index in [0.717, 1.165) is 79.7 Å². The van der Waals surface area contributed by atoms with Crippen LogP contribution in [0.25, 0.3) is 50.4 Å². The molecule has 8 heteroatoms. The molecule has 1 aliphatic carbocycles. The van der Waals surface area contributed by atoms with Crippen LogP contribution in [-0.4, -0.2) is 42.1 Å². The Morgan fingerprint density at radius 3 is 1.79 bits per heavy atom. The van der Waals surface area contributed by atoms with Gasteiger partial charge < -0.3 is 20.2 Å². The molecule has 0 unspecified atom stereocenters. The Morgan fingerprint density at radius 1 is 0.767 bits per heavy atom. The molecule has 5 heterocycles. The minimum atomic E-state index is -0.875. The average Bonchev–Trinajstić information content (AvgIpc) is 3.50. The first-order chi connectivity index (χ1) is 20.5. The zero-order chi connectivity index (χ0) is 30.6. The number of hydrogen-bond donors (Lipinski definition) is 4. The predicted molar refractivity (Wildman–Crippen MR) is 171 cm³/mol. The Labute approximate surface area is 249 Å². The lowest BCUT2D eigenvalue weighted by Gasteiger charge is -2.05. The summed E-state index contributed by atoms with van der Waals surface area (Å²) in [6.45, 7) is 12.3. The molecule has 2 aliphatic heterocycles. The minimum absolute atomic E-state index is 0.0148. The number of carbonyl (C=O) groups is 2. The number of fused-ring (bicyclic) bond motifs is 8. The van der Waals surface area contributed by atoms with Gasteiger partial charge in [0, 0.05) is 40.5 Å². The van der Waals surface area contributed by atoms with E-state index in [0.29, 0.717) is 30.1 Å². The van der Waals surface area contributed by atoms with Gasteiger partial charge in [0.2, 0.25) is 0 Å². The highest BCUT2D eigenvalue weighted by Gasteiger charge is 2.29. The third-order valence-electron chi connectivity index (χ3n) is 9.00. The lowest BCUT2D eigenvalue weighted by Crippen LogP contribution is -1.97. The topological polar surface area (TPSA) is 132 Å². The quantitative estimate of drug-likeness (QED) is 0.215. The van der Waals surface area contributed by atoms with Crippen molar-refractivity contribution in [2.75, 3.05) is 0 Å². The average molecular weight is 577 g/mol. The molecule has 0 amide bonds. The molecule has 43 heavy (non-hydrogen) atoms. The van der Waals surface area contributed by atoms with E-state index in [4.69, 9.17) is 9.97 Å². The molecule has 4 N–H and O–H groups in total. The van der Waals surface area contributed by atoms with Crippen molar-refractivity contribution < 1.29 is 19.8 Å². The molecule has 1 saturated carbocycles. The van der Waals surface area contributed by atoms with Crippen LogP contribution in [0.3, 0.4) is 0 Å². The van der Waals surface area contributed by atoms with E-state index in [1.165, 1.54) is 11.1 Å². The molecule has 1 fully saturated rings. The normalized spacial score (nSPS) is 14.9. The van der Waals surface area contributed by atoms with Crippen molar-refractivity contribution in [1.29, 1.82) is 0 Å². The van der Waals surface area contributed by atoms with Gasteiger partial charge in [-0.05, 0) is 123 Å². The van der Waals surface area contributed by atoms with E-state index in [1.54, 1.807) is 0 Å². The number of rotatable bonds is 8. The maximum Gasteiger partial charge on any atom is 0.303 e. The number of aliphatic carboxylic acids is 2. The van der Waals surface area contributed by atoms with Crippen LogP contribution in [-0.2, 0) is 9.59 Å². The van der Waals surface area contributed by atoms with Crippen LogP contribution < -0.4 is 0 Å².